The van der Waals surface area contributed by atoms with Crippen molar-refractivity contribution < 1.29 is 4.74 Å². The molecule has 0 amide bonds. The van der Waals surface area contributed by atoms with E-state index in [2.05, 4.69) is 29.8 Å². The molecule has 0 radical (unpaired) electrons. The summed E-state index contributed by atoms with van der Waals surface area (Å²) in [7, 11) is 1.68. The summed E-state index contributed by atoms with van der Waals surface area (Å²) < 4.78 is 5.01. The van der Waals surface area contributed by atoms with Gasteiger partial charge in [0, 0.05) is 0 Å². The summed E-state index contributed by atoms with van der Waals surface area (Å²) in [5.41, 5.74) is 1.35. The van der Waals surface area contributed by atoms with Gasteiger partial charge in [0.15, 0.2) is 0 Å². The Morgan fingerprint density at radius 3 is 2.30 bits per heavy atom. The summed E-state index contributed by atoms with van der Waals surface area (Å²) in [6.07, 6.45) is 0. The molecule has 0 bridgehead atoms. The van der Waals surface area contributed by atoms with Gasteiger partial charge in [0.05, 0.1) is 0 Å². The Kier molecular flexibility index (Phi) is 2.86. The number of hydrogen-bond acceptors (Lipinski definition) is 1. The van der Waals surface area contributed by atoms with Crippen molar-refractivity contribution in [1.29, 1.82) is 0 Å². The van der Waals surface area contributed by atoms with Crippen LogP contribution in [0.15, 0.2) is 24.3 Å². The summed E-state index contributed by atoms with van der Waals surface area (Å²) in [6, 6.07) is 8.13. The van der Waals surface area contributed by atoms with E-state index in [0.29, 0.717) is 0 Å². The number of rotatable bonds is 2. The molecule has 2 heteroatoms. The molecule has 0 unspecified atom stereocenters. The normalized spacial score (nSPS) is 9.50. The van der Waals surface area contributed by atoms with Crippen LogP contribution in [0.3, 0.4) is 0 Å². The average molecular weight is 128 g/mol. The van der Waals surface area contributed by atoms with Gasteiger partial charge in [-0.1, -0.05) is 0 Å². The Bertz CT molecular complexity index is 170. The molecule has 0 atom stereocenters. The van der Waals surface area contributed by atoms with E-state index in [-0.39, 0.29) is 0 Å². The second kappa shape index (κ2) is 3.70. The van der Waals surface area contributed by atoms with Crippen LogP contribution in [0.1, 0.15) is 5.56 Å². The average Bonchev–Trinajstić information content (AvgIpc) is 2.05. The second-order valence-corrected chi connectivity index (χ2v) is 2.20. The van der Waals surface area contributed by atoms with E-state index in [1.807, 2.05) is 12.1 Å². The standard InChI is InChI=1S/C8H9O.Li/c1-7-3-5-8(9-2)6-4-7;/h3-6H,1H2,2H3;. The Balaban J connectivity index is 2.80. The fourth-order valence-corrected chi connectivity index (χ4v) is 0.861. The molecule has 0 saturated heterocycles. The third-order valence-electron chi connectivity index (χ3n) is 1.57. The van der Waals surface area contributed by atoms with Crippen molar-refractivity contribution in [1.82, 2.24) is 0 Å². The molecule has 0 aliphatic heterocycles. The molecule has 48 valence electrons. The molecule has 1 nitrogen and oxygen atoms in total. The molecule has 0 aromatic heterocycles. The van der Waals surface area contributed by atoms with E-state index in [4.69, 9.17) is 4.74 Å². The van der Waals surface area contributed by atoms with Crippen molar-refractivity contribution in [2.75, 3.05) is 7.11 Å². The van der Waals surface area contributed by atoms with Crippen molar-refractivity contribution in [2.45, 2.75) is 5.09 Å². The fourth-order valence-electron chi connectivity index (χ4n) is 0.861. The molecule has 0 fully saturated rings. The zero-order chi connectivity index (χ0) is 7.40. The van der Waals surface area contributed by atoms with Gasteiger partial charge in [-0.25, -0.2) is 0 Å². The topological polar surface area (TPSA) is 9.23 Å². The van der Waals surface area contributed by atoms with Crippen LogP contribution in [-0.2, 0) is 5.09 Å². The van der Waals surface area contributed by atoms with Crippen molar-refractivity contribution in [2.24, 2.45) is 0 Å². The number of benzene rings is 1. The molecule has 0 N–H and O–H groups in total. The molecule has 0 spiro atoms. The monoisotopic (exact) mass is 128 g/mol. The first kappa shape index (κ1) is 7.72. The van der Waals surface area contributed by atoms with E-state index in [1.165, 1.54) is 5.56 Å². The van der Waals surface area contributed by atoms with Gasteiger partial charge in [-0.2, -0.15) is 0 Å². The fraction of sp³-hybridized carbons (Fsp3) is 0.250. The van der Waals surface area contributed by atoms with E-state index in [9.17, 15) is 0 Å². The van der Waals surface area contributed by atoms with Crippen LogP contribution < -0.4 is 4.74 Å². The third kappa shape index (κ3) is 1.80. The van der Waals surface area contributed by atoms with Crippen molar-refractivity contribution >= 4 is 17.7 Å². The predicted molar refractivity (Wildman–Crippen MR) is 42.5 cm³/mol. The number of ether oxygens (including phenoxy) is 1. The van der Waals surface area contributed by atoms with Crippen LogP contribution in [0.4, 0.5) is 0 Å². The van der Waals surface area contributed by atoms with Crippen molar-refractivity contribution in [3.8, 4) is 5.75 Å². The molecule has 0 heterocycles. The number of hydrogen-bond donors (Lipinski definition) is 0. The molecule has 0 saturated carbocycles. The van der Waals surface area contributed by atoms with Gasteiger partial charge >= 0.3 is 70.2 Å². The van der Waals surface area contributed by atoms with Crippen LogP contribution in [-0.4, -0.2) is 24.8 Å². The maximum atomic E-state index is 5.01. The van der Waals surface area contributed by atoms with Crippen LogP contribution in [0.2, 0.25) is 0 Å². The molecular weight excluding hydrogens is 119 g/mol. The van der Waals surface area contributed by atoms with E-state index >= 15 is 0 Å². The first-order chi connectivity index (χ1) is 4.86. The molecule has 10 heavy (non-hydrogen) atoms. The van der Waals surface area contributed by atoms with E-state index in [0.717, 1.165) is 10.8 Å². The van der Waals surface area contributed by atoms with Gasteiger partial charge < -0.3 is 0 Å². The SMILES string of the molecule is [Li][CH2]c1ccc(OC)cc1. The molecule has 0 aliphatic carbocycles. The maximum absolute atomic E-state index is 5.01. The van der Waals surface area contributed by atoms with Gasteiger partial charge in [0.1, 0.15) is 0 Å². The van der Waals surface area contributed by atoms with E-state index < -0.39 is 0 Å². The summed E-state index contributed by atoms with van der Waals surface area (Å²) >= 11 is 2.14. The Hall–Kier alpha value is -0.383. The Morgan fingerprint density at radius 2 is 1.90 bits per heavy atom. The van der Waals surface area contributed by atoms with Gasteiger partial charge in [-0.05, 0) is 0 Å². The summed E-state index contributed by atoms with van der Waals surface area (Å²) in [5, 5.41) is 1.09. The summed E-state index contributed by atoms with van der Waals surface area (Å²) in [5.74, 6) is 0.928. The van der Waals surface area contributed by atoms with E-state index in [1.54, 1.807) is 7.11 Å². The first-order valence-corrected chi connectivity index (χ1v) is 3.49. The van der Waals surface area contributed by atoms with Crippen LogP contribution in [0.5, 0.6) is 5.75 Å². The molecule has 1 aromatic rings. The summed E-state index contributed by atoms with van der Waals surface area (Å²) in [6.45, 7) is 0. The third-order valence-corrected chi connectivity index (χ3v) is 1.57. The van der Waals surface area contributed by atoms with Gasteiger partial charge in [-0.3, -0.25) is 0 Å². The molecule has 1 aromatic carbocycles. The first-order valence-electron chi connectivity index (χ1n) is 3.49. The van der Waals surface area contributed by atoms with Gasteiger partial charge in [0.2, 0.25) is 0 Å². The van der Waals surface area contributed by atoms with Crippen molar-refractivity contribution in [3.63, 3.8) is 0 Å². The zero-order valence-electron chi connectivity index (χ0n) is 6.42. The van der Waals surface area contributed by atoms with Crippen LogP contribution >= 0.6 is 0 Å². The van der Waals surface area contributed by atoms with Gasteiger partial charge in [-0.15, -0.1) is 0 Å². The summed E-state index contributed by atoms with van der Waals surface area (Å²) in [4.78, 5) is 0. The minimum absolute atomic E-state index is 0.928. The Morgan fingerprint density at radius 1 is 1.30 bits per heavy atom. The van der Waals surface area contributed by atoms with Crippen molar-refractivity contribution in [3.05, 3.63) is 29.8 Å². The predicted octanol–water partition coefficient (Wildman–Crippen LogP) is 1.36. The second-order valence-electron chi connectivity index (χ2n) is 2.20. The molecular formula is C8H9LiO. The quantitative estimate of drug-likeness (QED) is 0.546. The van der Waals surface area contributed by atoms with Gasteiger partial charge in [0.25, 0.3) is 0 Å². The molecule has 1 rings (SSSR count). The zero-order valence-corrected chi connectivity index (χ0v) is 6.42. The molecule has 0 aliphatic rings. The minimum atomic E-state index is 0.928. The van der Waals surface area contributed by atoms with Crippen LogP contribution in [0.25, 0.3) is 0 Å². The Labute approximate surface area is 70.6 Å². The van der Waals surface area contributed by atoms with Crippen LogP contribution in [0, 0.1) is 0 Å². The number of methoxy groups -OCH3 is 1.